The van der Waals surface area contributed by atoms with Crippen LogP contribution in [0.2, 0.25) is 0 Å². The van der Waals surface area contributed by atoms with Gasteiger partial charge in [0.05, 0.1) is 24.7 Å². The Morgan fingerprint density at radius 2 is 1.64 bits per heavy atom. The van der Waals surface area contributed by atoms with Crippen molar-refractivity contribution in [3.05, 3.63) is 119 Å². The number of hydrogen-bond acceptors (Lipinski definition) is 8. The van der Waals surface area contributed by atoms with Crippen LogP contribution in [-0.4, -0.2) is 79.3 Å². The highest BCUT2D eigenvalue weighted by Gasteiger charge is 2.25. The van der Waals surface area contributed by atoms with Crippen molar-refractivity contribution in [1.82, 2.24) is 14.9 Å². The molecule has 3 aromatic carbocycles. The average molecular weight is 706 g/mol. The highest BCUT2D eigenvalue weighted by atomic mass is 32.2. The van der Waals surface area contributed by atoms with Crippen molar-refractivity contribution < 1.29 is 28.5 Å². The number of phenolic OH excluding ortho intramolecular Hbond substituents is 1. The molecule has 272 valence electrons. The molecule has 0 saturated carbocycles. The van der Waals surface area contributed by atoms with Gasteiger partial charge in [-0.25, -0.2) is 8.42 Å². The van der Waals surface area contributed by atoms with Crippen molar-refractivity contribution in [2.45, 2.75) is 77.5 Å². The van der Waals surface area contributed by atoms with Gasteiger partial charge >= 0.3 is 0 Å². The van der Waals surface area contributed by atoms with E-state index < -0.39 is 16.1 Å². The summed E-state index contributed by atoms with van der Waals surface area (Å²) in [5, 5.41) is 35.0. The second-order valence-corrected chi connectivity index (χ2v) is 15.6. The number of hydrogen-bond donors (Lipinski definition) is 5. The summed E-state index contributed by atoms with van der Waals surface area (Å²) >= 11 is 0. The van der Waals surface area contributed by atoms with E-state index in [-0.39, 0.29) is 29.7 Å². The van der Waals surface area contributed by atoms with Crippen molar-refractivity contribution >= 4 is 10.0 Å². The molecule has 5 N–H and O–H groups in total. The number of aliphatic hydroxyl groups is 2. The van der Waals surface area contributed by atoms with Crippen LogP contribution in [0.15, 0.2) is 96.4 Å². The third-order valence-electron chi connectivity index (χ3n) is 9.23. The lowest BCUT2D eigenvalue weighted by molar-refractivity contribution is 0.126. The summed E-state index contributed by atoms with van der Waals surface area (Å²) in [5.41, 5.74) is 4.54. The lowest BCUT2D eigenvalue weighted by Gasteiger charge is -2.32. The van der Waals surface area contributed by atoms with Gasteiger partial charge in [-0.05, 0) is 94.6 Å². The largest absolute Gasteiger partial charge is 0.508 e. The van der Waals surface area contributed by atoms with Crippen molar-refractivity contribution in [1.29, 1.82) is 0 Å². The van der Waals surface area contributed by atoms with E-state index >= 15 is 0 Å². The van der Waals surface area contributed by atoms with Crippen LogP contribution in [-0.2, 0) is 22.9 Å². The minimum absolute atomic E-state index is 0.0715. The lowest BCUT2D eigenvalue weighted by atomic mass is 9.86. The molecule has 0 amide bonds. The van der Waals surface area contributed by atoms with Gasteiger partial charge in [-0.2, -0.15) is 0 Å². The number of benzene rings is 3. The predicted molar refractivity (Wildman–Crippen MR) is 201 cm³/mol. The van der Waals surface area contributed by atoms with Crippen molar-refractivity contribution in [3.8, 4) is 11.5 Å². The third kappa shape index (κ3) is 11.9. The summed E-state index contributed by atoms with van der Waals surface area (Å²) in [6.45, 7) is 11.3. The summed E-state index contributed by atoms with van der Waals surface area (Å²) in [4.78, 5) is 2.50. The fourth-order valence-electron chi connectivity index (χ4n) is 6.63. The van der Waals surface area contributed by atoms with Gasteiger partial charge in [0, 0.05) is 48.9 Å². The Morgan fingerprint density at radius 3 is 2.34 bits per heavy atom. The number of aromatic hydroxyl groups is 1. The van der Waals surface area contributed by atoms with Crippen LogP contribution in [0.25, 0.3) is 0 Å². The monoisotopic (exact) mass is 705 g/mol. The van der Waals surface area contributed by atoms with Gasteiger partial charge < -0.3 is 25.4 Å². The fraction of sp³-hybridized carbons (Fsp3) is 0.450. The number of rotatable bonds is 19. The number of ether oxygens (including phenoxy) is 1. The van der Waals surface area contributed by atoms with Gasteiger partial charge in [-0.15, -0.1) is 0 Å². The molecule has 1 aliphatic carbocycles. The normalized spacial score (nSPS) is 16.3. The summed E-state index contributed by atoms with van der Waals surface area (Å²) in [6, 6.07) is 25.2. The lowest BCUT2D eigenvalue weighted by Crippen LogP contribution is -2.38. The maximum Gasteiger partial charge on any atom is 0.229 e. The first-order valence-electron chi connectivity index (χ1n) is 17.6. The zero-order valence-corrected chi connectivity index (χ0v) is 30.9. The minimum atomic E-state index is -3.53. The van der Waals surface area contributed by atoms with Crippen LogP contribution >= 0.6 is 0 Å². The Hall–Kier alpha value is -3.83. The van der Waals surface area contributed by atoms with Gasteiger partial charge in [0.2, 0.25) is 10.0 Å². The quantitative estimate of drug-likeness (QED) is 0.0955. The fourth-order valence-corrected chi connectivity index (χ4v) is 7.27. The van der Waals surface area contributed by atoms with E-state index in [9.17, 15) is 23.7 Å². The minimum Gasteiger partial charge on any atom is -0.508 e. The molecule has 0 aromatic heterocycles. The summed E-state index contributed by atoms with van der Waals surface area (Å²) in [6.07, 6.45) is 5.94. The molecular formula is C40H55N3O6S. The van der Waals surface area contributed by atoms with E-state index in [4.69, 9.17) is 4.74 Å². The topological polar surface area (TPSA) is 131 Å². The molecule has 50 heavy (non-hydrogen) atoms. The number of nitrogens with zero attached hydrogens (tertiary/aromatic N) is 1. The Bertz CT molecular complexity index is 1680. The number of phenols is 1. The first-order chi connectivity index (χ1) is 23.8. The molecule has 0 radical (unpaired) electrons. The summed E-state index contributed by atoms with van der Waals surface area (Å²) < 4.78 is 31.7. The molecular weight excluding hydrogens is 651 g/mol. The highest BCUT2D eigenvalue weighted by molar-refractivity contribution is 7.88. The average Bonchev–Trinajstić information content (AvgIpc) is 3.06. The van der Waals surface area contributed by atoms with E-state index in [1.165, 1.54) is 11.6 Å². The van der Waals surface area contributed by atoms with Crippen LogP contribution in [0, 0.1) is 5.92 Å². The zero-order valence-electron chi connectivity index (χ0n) is 30.0. The van der Waals surface area contributed by atoms with Crippen LogP contribution in [0.1, 0.15) is 68.7 Å². The molecule has 1 aliphatic rings. The molecule has 4 rings (SSSR count). The number of aliphatic hydroxyl groups excluding tert-OH is 2. The smallest absolute Gasteiger partial charge is 0.229 e. The van der Waals surface area contributed by atoms with E-state index in [0.29, 0.717) is 44.0 Å². The first kappa shape index (κ1) is 39.0. The Morgan fingerprint density at radius 1 is 0.920 bits per heavy atom. The molecule has 9 nitrogen and oxygen atoms in total. The number of nitrogens with one attached hydrogen (secondary N) is 2. The van der Waals surface area contributed by atoms with Crippen LogP contribution in [0.5, 0.6) is 11.5 Å². The second kappa shape index (κ2) is 18.4. The number of sulfonamides is 1. The van der Waals surface area contributed by atoms with Crippen molar-refractivity contribution in [2.75, 3.05) is 32.5 Å². The van der Waals surface area contributed by atoms with E-state index in [1.807, 2.05) is 42.5 Å². The van der Waals surface area contributed by atoms with Crippen molar-refractivity contribution in [2.24, 2.45) is 5.92 Å². The second-order valence-electron chi connectivity index (χ2n) is 13.8. The van der Waals surface area contributed by atoms with E-state index in [0.717, 1.165) is 48.1 Å². The van der Waals surface area contributed by atoms with Gasteiger partial charge in [0.25, 0.3) is 0 Å². The molecule has 0 bridgehead atoms. The van der Waals surface area contributed by atoms with E-state index in [2.05, 4.69) is 73.0 Å². The Balaban J connectivity index is 1.29. The standard InChI is InChI=1S/C40H55N3O6S/c1-28(2)43(29(3)4)22-19-35(32-11-7-6-8-12-32)36-25-31(14-16-38(36)44)20-23-49-34-13-9-10-30(24-34)18-21-41-27-40(46)33-15-17-39(45)37(26-33)42-50(5,47)48/h6-17,24-25,28-29,33,35,40-42,44-46H,18-23,26-27H2,1-5H3/t33?,35-,40+/m1/s1. The SMILES string of the molecule is CC(C)N(CC[C@H](c1ccccc1)c1cc(CCOc2cccc(CCNC[C@H](O)C3C=CC(O)=C(NS(C)(=O)=O)C3)c2)ccc1O)C(C)C. The predicted octanol–water partition coefficient (Wildman–Crippen LogP) is 6.04. The molecule has 3 atom stereocenters. The molecule has 0 heterocycles. The van der Waals surface area contributed by atoms with Crippen molar-refractivity contribution in [3.63, 3.8) is 0 Å². The number of allylic oxidation sites excluding steroid dienone is 2. The molecule has 0 spiro atoms. The van der Waals surface area contributed by atoms with E-state index in [1.54, 1.807) is 6.08 Å². The van der Waals surface area contributed by atoms with Gasteiger partial charge in [0.1, 0.15) is 17.3 Å². The molecule has 1 unspecified atom stereocenters. The van der Waals surface area contributed by atoms with Crippen LogP contribution < -0.4 is 14.8 Å². The molecule has 3 aromatic rings. The molecule has 0 saturated heterocycles. The van der Waals surface area contributed by atoms with Crippen LogP contribution in [0.4, 0.5) is 0 Å². The molecule has 0 aliphatic heterocycles. The third-order valence-corrected chi connectivity index (χ3v) is 9.84. The maximum atomic E-state index is 11.6. The van der Waals surface area contributed by atoms with Gasteiger partial charge in [0.15, 0.2) is 0 Å². The maximum absolute atomic E-state index is 11.6. The summed E-state index contributed by atoms with van der Waals surface area (Å²) in [5.74, 6) is 0.717. The van der Waals surface area contributed by atoms with Gasteiger partial charge in [-0.1, -0.05) is 60.7 Å². The summed E-state index contributed by atoms with van der Waals surface area (Å²) in [7, 11) is -3.53. The Labute approximate surface area is 298 Å². The Kier molecular flexibility index (Phi) is 14.4. The molecule has 0 fully saturated rings. The first-order valence-corrected chi connectivity index (χ1v) is 19.5. The molecule has 10 heteroatoms. The zero-order chi connectivity index (χ0) is 36.3. The van der Waals surface area contributed by atoms with Crippen LogP contribution in [0.3, 0.4) is 0 Å². The van der Waals surface area contributed by atoms with Gasteiger partial charge in [-0.3, -0.25) is 9.62 Å². The highest BCUT2D eigenvalue weighted by Crippen LogP contribution is 2.35.